The molecular formula is C17H25ClF4N2. The first-order valence-electron chi connectivity index (χ1n) is 8.16. The first-order chi connectivity index (χ1) is 10.8. The topological polar surface area (TPSA) is 15.3 Å². The van der Waals surface area contributed by atoms with E-state index in [1.807, 2.05) is 0 Å². The fourth-order valence-electron chi connectivity index (χ4n) is 3.42. The zero-order valence-corrected chi connectivity index (χ0v) is 14.8. The van der Waals surface area contributed by atoms with Crippen LogP contribution in [-0.4, -0.2) is 31.1 Å². The second kappa shape index (κ2) is 9.02. The Morgan fingerprint density at radius 2 is 1.83 bits per heavy atom. The second-order valence-electron chi connectivity index (χ2n) is 6.23. The van der Waals surface area contributed by atoms with Crippen LogP contribution in [0.3, 0.4) is 0 Å². The van der Waals surface area contributed by atoms with E-state index in [4.69, 9.17) is 0 Å². The number of nitrogens with one attached hydrogen (secondary N) is 1. The average molecular weight is 369 g/mol. The highest BCUT2D eigenvalue weighted by Gasteiger charge is 2.35. The highest BCUT2D eigenvalue weighted by Crippen LogP contribution is 2.36. The third-order valence-electron chi connectivity index (χ3n) is 4.47. The van der Waals surface area contributed by atoms with Gasteiger partial charge < -0.3 is 5.32 Å². The van der Waals surface area contributed by atoms with E-state index >= 15 is 0 Å². The molecule has 0 aromatic heterocycles. The molecule has 1 heterocycles. The standard InChI is InChI=1S/C17H24F4N2.ClH/c1-3-4-12(2)16(23-9-7-22-8-10-23)13-5-6-14(15(18)11-13)17(19,20)21;/h5-6,11-12,16,22H,3-4,7-10H2,1-2H3;1H/t12?,16-;/m1./s1. The molecule has 7 heteroatoms. The molecule has 138 valence electrons. The van der Waals surface area contributed by atoms with E-state index < -0.39 is 17.6 Å². The lowest BCUT2D eigenvalue weighted by atomic mass is 9.88. The number of hydrogen-bond acceptors (Lipinski definition) is 2. The fourth-order valence-corrected chi connectivity index (χ4v) is 3.42. The van der Waals surface area contributed by atoms with Crippen molar-refractivity contribution in [3.05, 3.63) is 35.1 Å². The van der Waals surface area contributed by atoms with Crippen LogP contribution in [0.2, 0.25) is 0 Å². The van der Waals surface area contributed by atoms with Crippen molar-refractivity contribution < 1.29 is 17.6 Å². The van der Waals surface area contributed by atoms with Crippen molar-refractivity contribution in [3.63, 3.8) is 0 Å². The van der Waals surface area contributed by atoms with Crippen LogP contribution in [0.5, 0.6) is 0 Å². The molecule has 1 N–H and O–H groups in total. The molecule has 0 bridgehead atoms. The first-order valence-corrected chi connectivity index (χ1v) is 8.16. The van der Waals surface area contributed by atoms with Crippen molar-refractivity contribution in [2.45, 2.75) is 38.9 Å². The molecule has 1 saturated heterocycles. The summed E-state index contributed by atoms with van der Waals surface area (Å²) < 4.78 is 52.2. The fraction of sp³-hybridized carbons (Fsp3) is 0.647. The molecule has 1 aliphatic rings. The Morgan fingerprint density at radius 1 is 1.21 bits per heavy atom. The summed E-state index contributed by atoms with van der Waals surface area (Å²) in [5.74, 6) is -0.923. The van der Waals surface area contributed by atoms with E-state index in [1.165, 1.54) is 6.07 Å². The van der Waals surface area contributed by atoms with Crippen molar-refractivity contribution in [2.24, 2.45) is 5.92 Å². The van der Waals surface area contributed by atoms with Gasteiger partial charge in [-0.05, 0) is 30.0 Å². The van der Waals surface area contributed by atoms with Crippen LogP contribution in [0.4, 0.5) is 17.6 Å². The van der Waals surface area contributed by atoms with Crippen molar-refractivity contribution >= 4 is 12.4 Å². The van der Waals surface area contributed by atoms with Crippen LogP contribution in [0.15, 0.2) is 18.2 Å². The Labute approximate surface area is 147 Å². The molecule has 1 aromatic rings. The van der Waals surface area contributed by atoms with Crippen LogP contribution in [0.25, 0.3) is 0 Å². The first kappa shape index (κ1) is 21.2. The summed E-state index contributed by atoms with van der Waals surface area (Å²) in [4.78, 5) is 2.25. The maximum absolute atomic E-state index is 14.0. The Bertz CT molecular complexity index is 516. The molecular weight excluding hydrogens is 344 g/mol. The highest BCUT2D eigenvalue weighted by molar-refractivity contribution is 5.85. The van der Waals surface area contributed by atoms with Crippen LogP contribution < -0.4 is 5.32 Å². The van der Waals surface area contributed by atoms with Crippen LogP contribution >= 0.6 is 12.4 Å². The van der Waals surface area contributed by atoms with E-state index in [0.29, 0.717) is 5.56 Å². The molecule has 1 aromatic carbocycles. The minimum atomic E-state index is -4.65. The van der Waals surface area contributed by atoms with Gasteiger partial charge in [-0.1, -0.05) is 26.3 Å². The lowest BCUT2D eigenvalue weighted by molar-refractivity contribution is -0.140. The van der Waals surface area contributed by atoms with Gasteiger partial charge in [-0.3, -0.25) is 4.90 Å². The number of alkyl halides is 3. The summed E-state index contributed by atoms with van der Waals surface area (Å²) in [7, 11) is 0. The minimum Gasteiger partial charge on any atom is -0.314 e. The Balaban J connectivity index is 0.00000288. The highest BCUT2D eigenvalue weighted by atomic mass is 35.5. The molecule has 24 heavy (non-hydrogen) atoms. The molecule has 2 atom stereocenters. The summed E-state index contributed by atoms with van der Waals surface area (Å²) in [6, 6.07) is 3.33. The maximum Gasteiger partial charge on any atom is 0.419 e. The minimum absolute atomic E-state index is 0. The molecule has 2 rings (SSSR count). The van der Waals surface area contributed by atoms with Gasteiger partial charge in [-0.25, -0.2) is 4.39 Å². The molecule has 1 aliphatic heterocycles. The summed E-state index contributed by atoms with van der Waals surface area (Å²) in [5.41, 5.74) is -0.554. The zero-order chi connectivity index (χ0) is 17.0. The third-order valence-corrected chi connectivity index (χ3v) is 4.47. The zero-order valence-electron chi connectivity index (χ0n) is 14.0. The van der Waals surface area contributed by atoms with Gasteiger partial charge in [0.05, 0.1) is 5.56 Å². The molecule has 0 amide bonds. The maximum atomic E-state index is 14.0. The average Bonchev–Trinajstić information content (AvgIpc) is 2.47. The van der Waals surface area contributed by atoms with Crippen molar-refractivity contribution in [3.8, 4) is 0 Å². The smallest absolute Gasteiger partial charge is 0.314 e. The van der Waals surface area contributed by atoms with Gasteiger partial charge in [0.1, 0.15) is 5.82 Å². The molecule has 0 aliphatic carbocycles. The molecule has 0 saturated carbocycles. The Hall–Kier alpha value is -0.850. The third kappa shape index (κ3) is 5.07. The van der Waals surface area contributed by atoms with Gasteiger partial charge >= 0.3 is 6.18 Å². The molecule has 0 radical (unpaired) electrons. The Morgan fingerprint density at radius 3 is 2.33 bits per heavy atom. The van der Waals surface area contributed by atoms with E-state index in [1.54, 1.807) is 0 Å². The molecule has 2 nitrogen and oxygen atoms in total. The summed E-state index contributed by atoms with van der Waals surface area (Å²) in [6.45, 7) is 7.50. The van der Waals surface area contributed by atoms with Crippen LogP contribution in [0.1, 0.15) is 43.9 Å². The Kier molecular flexibility index (Phi) is 7.96. The lowest BCUT2D eigenvalue weighted by Gasteiger charge is -2.38. The number of rotatable bonds is 5. The number of piperazine rings is 1. The van der Waals surface area contributed by atoms with E-state index in [0.717, 1.165) is 51.2 Å². The van der Waals surface area contributed by atoms with E-state index in [9.17, 15) is 17.6 Å². The normalized spacial score (nSPS) is 18.8. The van der Waals surface area contributed by atoms with Gasteiger partial charge in [0.15, 0.2) is 0 Å². The largest absolute Gasteiger partial charge is 0.419 e. The molecule has 1 unspecified atom stereocenters. The number of benzene rings is 1. The predicted molar refractivity (Wildman–Crippen MR) is 89.9 cm³/mol. The summed E-state index contributed by atoms with van der Waals surface area (Å²) in [6.07, 6.45) is -2.70. The quantitative estimate of drug-likeness (QED) is 0.761. The number of nitrogens with zero attached hydrogens (tertiary/aromatic N) is 1. The van der Waals surface area contributed by atoms with Crippen LogP contribution in [-0.2, 0) is 6.18 Å². The van der Waals surface area contributed by atoms with Crippen molar-refractivity contribution in [1.82, 2.24) is 10.2 Å². The summed E-state index contributed by atoms with van der Waals surface area (Å²) in [5, 5.41) is 3.27. The number of hydrogen-bond donors (Lipinski definition) is 1. The predicted octanol–water partition coefficient (Wildman–Crippen LogP) is 4.65. The van der Waals surface area contributed by atoms with Crippen molar-refractivity contribution in [2.75, 3.05) is 26.2 Å². The van der Waals surface area contributed by atoms with Gasteiger partial charge in [0.2, 0.25) is 0 Å². The van der Waals surface area contributed by atoms with Gasteiger partial charge in [-0.15, -0.1) is 12.4 Å². The van der Waals surface area contributed by atoms with Gasteiger partial charge in [0.25, 0.3) is 0 Å². The van der Waals surface area contributed by atoms with Crippen LogP contribution in [0, 0.1) is 11.7 Å². The van der Waals surface area contributed by atoms with E-state index in [-0.39, 0.29) is 24.4 Å². The van der Waals surface area contributed by atoms with Gasteiger partial charge in [-0.2, -0.15) is 13.2 Å². The monoisotopic (exact) mass is 368 g/mol. The number of halogens is 5. The second-order valence-corrected chi connectivity index (χ2v) is 6.23. The van der Waals surface area contributed by atoms with E-state index in [2.05, 4.69) is 24.1 Å². The van der Waals surface area contributed by atoms with Crippen molar-refractivity contribution in [1.29, 1.82) is 0 Å². The summed E-state index contributed by atoms with van der Waals surface area (Å²) >= 11 is 0. The SMILES string of the molecule is CCCC(C)[C@H](c1ccc(C(F)(F)F)c(F)c1)N1CCNCC1.Cl. The molecule has 1 fully saturated rings. The van der Waals surface area contributed by atoms with Gasteiger partial charge in [0, 0.05) is 32.2 Å². The lowest BCUT2D eigenvalue weighted by Crippen LogP contribution is -2.46. The molecule has 0 spiro atoms.